The third kappa shape index (κ3) is 2.03. The van der Waals surface area contributed by atoms with E-state index >= 15 is 0 Å². The fourth-order valence-electron chi connectivity index (χ4n) is 1.17. The number of esters is 1. The molecule has 5 heteroatoms. The highest BCUT2D eigenvalue weighted by Crippen LogP contribution is 2.26. The van der Waals surface area contributed by atoms with Crippen LogP contribution in [0, 0.1) is 0 Å². The standard InChI is InChI=1S/C11H9NO4/c1-14-9-4-2-3-5-10(9)16-11(13)8-6-15-7-12-8/h2-7H,1H3. The van der Waals surface area contributed by atoms with Crippen molar-refractivity contribution in [1.82, 2.24) is 4.98 Å². The summed E-state index contributed by atoms with van der Waals surface area (Å²) < 4.78 is 14.8. The van der Waals surface area contributed by atoms with Crippen LogP contribution in [0.1, 0.15) is 10.5 Å². The van der Waals surface area contributed by atoms with E-state index in [-0.39, 0.29) is 5.69 Å². The van der Waals surface area contributed by atoms with Crippen LogP contribution < -0.4 is 9.47 Å². The van der Waals surface area contributed by atoms with Gasteiger partial charge in [0.25, 0.3) is 0 Å². The smallest absolute Gasteiger partial charge is 0.365 e. The van der Waals surface area contributed by atoms with Gasteiger partial charge in [-0.25, -0.2) is 9.78 Å². The van der Waals surface area contributed by atoms with Crippen LogP contribution in [0.15, 0.2) is 41.3 Å². The summed E-state index contributed by atoms with van der Waals surface area (Å²) in [6.07, 6.45) is 2.39. The van der Waals surface area contributed by atoms with Gasteiger partial charge in [0.15, 0.2) is 23.6 Å². The van der Waals surface area contributed by atoms with Gasteiger partial charge in [0.05, 0.1) is 7.11 Å². The summed E-state index contributed by atoms with van der Waals surface area (Å²) in [6.45, 7) is 0. The second kappa shape index (κ2) is 4.48. The number of oxazole rings is 1. The van der Waals surface area contributed by atoms with E-state index in [1.807, 2.05) is 0 Å². The molecular weight excluding hydrogens is 210 g/mol. The molecule has 1 aromatic heterocycles. The average Bonchev–Trinajstić information content (AvgIpc) is 2.83. The first-order chi connectivity index (χ1) is 7.81. The minimum Gasteiger partial charge on any atom is -0.493 e. The maximum absolute atomic E-state index is 11.5. The van der Waals surface area contributed by atoms with E-state index < -0.39 is 5.97 Å². The number of ether oxygens (including phenoxy) is 2. The molecule has 0 spiro atoms. The van der Waals surface area contributed by atoms with Gasteiger partial charge in [-0.05, 0) is 12.1 Å². The molecule has 82 valence electrons. The Morgan fingerprint density at radius 1 is 1.31 bits per heavy atom. The van der Waals surface area contributed by atoms with Crippen LogP contribution in [0.25, 0.3) is 0 Å². The second-order valence-electron chi connectivity index (χ2n) is 2.91. The summed E-state index contributed by atoms with van der Waals surface area (Å²) in [5, 5.41) is 0. The summed E-state index contributed by atoms with van der Waals surface area (Å²) in [5.41, 5.74) is 0.117. The number of carbonyl (C=O) groups excluding carboxylic acids is 1. The lowest BCUT2D eigenvalue weighted by molar-refractivity contribution is 0.0723. The van der Waals surface area contributed by atoms with Crippen molar-refractivity contribution < 1.29 is 18.7 Å². The van der Waals surface area contributed by atoms with Crippen molar-refractivity contribution in [3.05, 3.63) is 42.6 Å². The van der Waals surface area contributed by atoms with E-state index in [0.29, 0.717) is 11.5 Å². The molecule has 0 fully saturated rings. The molecule has 2 rings (SSSR count). The number of hydrogen-bond donors (Lipinski definition) is 0. The molecule has 0 saturated heterocycles. The first kappa shape index (κ1) is 10.2. The van der Waals surface area contributed by atoms with Gasteiger partial charge in [-0.2, -0.15) is 0 Å². The maximum Gasteiger partial charge on any atom is 0.365 e. The van der Waals surface area contributed by atoms with E-state index in [2.05, 4.69) is 9.40 Å². The first-order valence-corrected chi connectivity index (χ1v) is 4.54. The number of carbonyl (C=O) groups is 1. The predicted molar refractivity (Wildman–Crippen MR) is 54.5 cm³/mol. The van der Waals surface area contributed by atoms with Crippen molar-refractivity contribution in [1.29, 1.82) is 0 Å². The molecule has 0 aliphatic rings. The van der Waals surface area contributed by atoms with E-state index in [1.165, 1.54) is 19.8 Å². The Morgan fingerprint density at radius 2 is 2.06 bits per heavy atom. The van der Waals surface area contributed by atoms with Gasteiger partial charge in [-0.3, -0.25) is 0 Å². The summed E-state index contributed by atoms with van der Waals surface area (Å²) in [4.78, 5) is 15.2. The molecule has 5 nitrogen and oxygen atoms in total. The highest BCUT2D eigenvalue weighted by Gasteiger charge is 2.13. The zero-order chi connectivity index (χ0) is 11.4. The Bertz CT molecular complexity index is 478. The molecule has 0 atom stereocenters. The SMILES string of the molecule is COc1ccccc1OC(=O)c1cocn1. The Balaban J connectivity index is 2.18. The third-order valence-electron chi connectivity index (χ3n) is 1.91. The van der Waals surface area contributed by atoms with Crippen LogP contribution in [-0.4, -0.2) is 18.1 Å². The number of para-hydroxylation sites is 2. The molecule has 0 aliphatic carbocycles. The number of nitrogens with zero attached hydrogens (tertiary/aromatic N) is 1. The molecule has 2 aromatic rings. The van der Waals surface area contributed by atoms with Crippen LogP contribution in [0.3, 0.4) is 0 Å². The molecule has 0 amide bonds. The van der Waals surface area contributed by atoms with E-state index in [9.17, 15) is 4.79 Å². The van der Waals surface area contributed by atoms with Crippen molar-refractivity contribution in [2.45, 2.75) is 0 Å². The minimum absolute atomic E-state index is 0.117. The molecule has 0 radical (unpaired) electrons. The van der Waals surface area contributed by atoms with Crippen molar-refractivity contribution in [3.63, 3.8) is 0 Å². The molecule has 16 heavy (non-hydrogen) atoms. The van der Waals surface area contributed by atoms with Crippen LogP contribution in [0.2, 0.25) is 0 Å². The number of rotatable bonds is 3. The zero-order valence-corrected chi connectivity index (χ0v) is 8.54. The molecular formula is C11H9NO4. The molecule has 0 bridgehead atoms. The van der Waals surface area contributed by atoms with Crippen molar-refractivity contribution in [2.75, 3.05) is 7.11 Å². The van der Waals surface area contributed by atoms with E-state index in [0.717, 1.165) is 0 Å². The Labute approximate surface area is 91.6 Å². The van der Waals surface area contributed by atoms with E-state index in [1.54, 1.807) is 24.3 Å². The van der Waals surface area contributed by atoms with E-state index in [4.69, 9.17) is 9.47 Å². The Hall–Kier alpha value is -2.30. The van der Waals surface area contributed by atoms with Crippen LogP contribution >= 0.6 is 0 Å². The molecule has 0 saturated carbocycles. The largest absolute Gasteiger partial charge is 0.493 e. The lowest BCUT2D eigenvalue weighted by Crippen LogP contribution is -2.09. The molecule has 0 unspecified atom stereocenters. The van der Waals surface area contributed by atoms with Gasteiger partial charge in [0.1, 0.15) is 6.26 Å². The number of methoxy groups -OCH3 is 1. The molecule has 0 N–H and O–H groups in total. The lowest BCUT2D eigenvalue weighted by Gasteiger charge is -2.06. The van der Waals surface area contributed by atoms with Gasteiger partial charge < -0.3 is 13.9 Å². The van der Waals surface area contributed by atoms with Crippen LogP contribution in [0.5, 0.6) is 11.5 Å². The van der Waals surface area contributed by atoms with Crippen LogP contribution in [-0.2, 0) is 0 Å². The summed E-state index contributed by atoms with van der Waals surface area (Å²) >= 11 is 0. The predicted octanol–water partition coefficient (Wildman–Crippen LogP) is 1.90. The number of hydrogen-bond acceptors (Lipinski definition) is 5. The summed E-state index contributed by atoms with van der Waals surface area (Å²) in [7, 11) is 1.50. The van der Waals surface area contributed by atoms with Gasteiger partial charge in [-0.1, -0.05) is 12.1 Å². The highest BCUT2D eigenvalue weighted by molar-refractivity contribution is 5.88. The summed E-state index contributed by atoms with van der Waals surface area (Å²) in [5.74, 6) is 0.246. The average molecular weight is 219 g/mol. The molecule has 1 aromatic carbocycles. The fraction of sp³-hybridized carbons (Fsp3) is 0.0909. The monoisotopic (exact) mass is 219 g/mol. The first-order valence-electron chi connectivity index (χ1n) is 4.54. The summed E-state index contributed by atoms with van der Waals surface area (Å²) in [6, 6.07) is 6.86. The minimum atomic E-state index is -0.585. The van der Waals surface area contributed by atoms with Gasteiger partial charge in [-0.15, -0.1) is 0 Å². The van der Waals surface area contributed by atoms with Gasteiger partial charge >= 0.3 is 5.97 Å². The fourth-order valence-corrected chi connectivity index (χ4v) is 1.17. The quantitative estimate of drug-likeness (QED) is 0.582. The van der Waals surface area contributed by atoms with Gasteiger partial charge in [0, 0.05) is 0 Å². The van der Waals surface area contributed by atoms with Crippen molar-refractivity contribution >= 4 is 5.97 Å². The zero-order valence-electron chi connectivity index (χ0n) is 8.54. The van der Waals surface area contributed by atoms with Gasteiger partial charge in [0.2, 0.25) is 0 Å². The topological polar surface area (TPSA) is 61.6 Å². The Morgan fingerprint density at radius 3 is 2.69 bits per heavy atom. The van der Waals surface area contributed by atoms with Crippen LogP contribution in [0.4, 0.5) is 0 Å². The number of benzene rings is 1. The molecule has 0 aliphatic heterocycles. The Kier molecular flexibility index (Phi) is 2.86. The second-order valence-corrected chi connectivity index (χ2v) is 2.91. The third-order valence-corrected chi connectivity index (χ3v) is 1.91. The van der Waals surface area contributed by atoms with Crippen molar-refractivity contribution in [3.8, 4) is 11.5 Å². The highest BCUT2D eigenvalue weighted by atomic mass is 16.6. The maximum atomic E-state index is 11.5. The number of aromatic nitrogens is 1. The lowest BCUT2D eigenvalue weighted by atomic mass is 10.3. The van der Waals surface area contributed by atoms with Crippen molar-refractivity contribution in [2.24, 2.45) is 0 Å². The molecule has 1 heterocycles. The normalized spacial score (nSPS) is 9.81.